The maximum absolute atomic E-state index is 12.8. The maximum Gasteiger partial charge on any atom is 0.511 e. The Bertz CT molecular complexity index is 1040. The van der Waals surface area contributed by atoms with Crippen molar-refractivity contribution in [1.82, 2.24) is 5.32 Å². The summed E-state index contributed by atoms with van der Waals surface area (Å²) >= 11 is 0. The number of hydrogen-bond donors (Lipinski definition) is 2. The predicted molar refractivity (Wildman–Crippen MR) is 155 cm³/mol. The van der Waals surface area contributed by atoms with Crippen molar-refractivity contribution in [3.63, 3.8) is 0 Å². The fourth-order valence-corrected chi connectivity index (χ4v) is 3.56. The number of carboxylic acid groups (broad SMARTS) is 1. The highest BCUT2D eigenvalue weighted by molar-refractivity contribution is 5.81. The first-order valence-corrected chi connectivity index (χ1v) is 14.6. The maximum atomic E-state index is 12.8. The van der Waals surface area contributed by atoms with Crippen LogP contribution in [0.5, 0.6) is 11.5 Å². The van der Waals surface area contributed by atoms with Crippen molar-refractivity contribution < 1.29 is 43.2 Å². The van der Waals surface area contributed by atoms with Crippen molar-refractivity contribution in [2.24, 2.45) is 11.8 Å². The first-order chi connectivity index (χ1) is 19.1. The standard InChI is InChI=1S/C31H49NO9/c1-10-20(5)16-26(33)38-24-15-14-23(18-25(24)39-27(34)17-21(6)11-2)19-31(28(35)36,32-22(7)12-3)41-29(37)40-30(8,9)13-4/h14-15,18,20-22,32H,10-13,16-17,19H2,1-9H3,(H,35,36)/t20?,21?,22?,31-/m0/s1. The van der Waals surface area contributed by atoms with Crippen LogP contribution in [0, 0.1) is 11.8 Å². The van der Waals surface area contributed by atoms with Gasteiger partial charge in [0.15, 0.2) is 11.5 Å². The third-order valence-corrected chi connectivity index (χ3v) is 7.24. The van der Waals surface area contributed by atoms with Gasteiger partial charge in [-0.15, -0.1) is 0 Å². The highest BCUT2D eigenvalue weighted by Crippen LogP contribution is 2.32. The van der Waals surface area contributed by atoms with Crippen LogP contribution >= 0.6 is 0 Å². The molecule has 0 spiro atoms. The summed E-state index contributed by atoms with van der Waals surface area (Å²) in [5.41, 5.74) is -2.70. The first-order valence-electron chi connectivity index (χ1n) is 14.6. The third kappa shape index (κ3) is 12.1. The molecule has 0 saturated carbocycles. The molecule has 0 amide bonds. The molecule has 0 heterocycles. The second-order valence-electron chi connectivity index (χ2n) is 11.5. The smallest absolute Gasteiger partial charge is 0.477 e. The molecule has 0 saturated heterocycles. The first kappa shape index (κ1) is 35.9. The monoisotopic (exact) mass is 579 g/mol. The molecule has 1 rings (SSSR count). The molecular formula is C31H49NO9. The molecule has 1 aromatic rings. The van der Waals surface area contributed by atoms with Crippen molar-refractivity contribution in [2.45, 2.75) is 125 Å². The van der Waals surface area contributed by atoms with Gasteiger partial charge >= 0.3 is 24.1 Å². The van der Waals surface area contributed by atoms with E-state index in [0.717, 1.165) is 12.8 Å². The van der Waals surface area contributed by atoms with Gasteiger partial charge in [-0.3, -0.25) is 14.9 Å². The normalized spacial score (nSPS) is 15.1. The van der Waals surface area contributed by atoms with Gasteiger partial charge in [0.05, 0.1) is 0 Å². The summed E-state index contributed by atoms with van der Waals surface area (Å²) in [6, 6.07) is 4.08. The minimum atomic E-state index is -2.19. The Hall–Kier alpha value is -3.14. The van der Waals surface area contributed by atoms with Gasteiger partial charge in [0, 0.05) is 25.3 Å². The molecule has 4 atom stereocenters. The number of carbonyl (C=O) groups excluding carboxylic acids is 3. The summed E-state index contributed by atoms with van der Waals surface area (Å²) in [7, 11) is 0. The minimum Gasteiger partial charge on any atom is -0.477 e. The zero-order valence-corrected chi connectivity index (χ0v) is 26.1. The molecule has 3 unspecified atom stereocenters. The molecule has 0 aliphatic heterocycles. The van der Waals surface area contributed by atoms with Crippen molar-refractivity contribution in [2.75, 3.05) is 0 Å². The van der Waals surface area contributed by atoms with E-state index in [1.165, 1.54) is 12.1 Å². The lowest BCUT2D eigenvalue weighted by Gasteiger charge is -2.34. The van der Waals surface area contributed by atoms with E-state index < -0.39 is 35.4 Å². The van der Waals surface area contributed by atoms with E-state index in [4.69, 9.17) is 18.9 Å². The number of hydrogen-bond acceptors (Lipinski definition) is 9. The van der Waals surface area contributed by atoms with Gasteiger partial charge in [-0.25, -0.2) is 9.59 Å². The van der Waals surface area contributed by atoms with Crippen LogP contribution in [0.2, 0.25) is 0 Å². The van der Waals surface area contributed by atoms with E-state index in [1.807, 2.05) is 41.5 Å². The SMILES string of the molecule is CCC(C)CC(=O)Oc1ccc(C[C@](NC(C)CC)(OC(=O)OC(C)(C)CC)C(=O)O)cc1OC(=O)CC(C)CC. The lowest BCUT2D eigenvalue weighted by molar-refractivity contribution is -0.169. The fraction of sp³-hybridized carbons (Fsp3) is 0.677. The van der Waals surface area contributed by atoms with Crippen molar-refractivity contribution in [3.05, 3.63) is 23.8 Å². The summed E-state index contributed by atoms with van der Waals surface area (Å²) in [6.07, 6.45) is 1.48. The largest absolute Gasteiger partial charge is 0.511 e. The van der Waals surface area contributed by atoms with E-state index in [2.05, 4.69) is 5.32 Å². The molecule has 41 heavy (non-hydrogen) atoms. The number of carbonyl (C=O) groups is 4. The van der Waals surface area contributed by atoms with Gasteiger partial charge in [-0.05, 0) is 63.1 Å². The van der Waals surface area contributed by atoms with Crippen LogP contribution in [0.1, 0.15) is 106 Å². The molecule has 0 radical (unpaired) electrons. The molecule has 0 fully saturated rings. The highest BCUT2D eigenvalue weighted by atomic mass is 16.8. The Morgan fingerprint density at radius 2 is 1.37 bits per heavy atom. The zero-order chi connectivity index (χ0) is 31.4. The van der Waals surface area contributed by atoms with Crippen LogP contribution in [0.3, 0.4) is 0 Å². The number of ether oxygens (including phenoxy) is 4. The Kier molecular flexibility index (Phi) is 14.3. The van der Waals surface area contributed by atoms with Crippen LogP contribution in [-0.2, 0) is 30.3 Å². The van der Waals surface area contributed by atoms with E-state index in [0.29, 0.717) is 18.4 Å². The van der Waals surface area contributed by atoms with Crippen LogP contribution in [-0.4, -0.2) is 46.5 Å². The van der Waals surface area contributed by atoms with Gasteiger partial charge in [0.2, 0.25) is 0 Å². The quantitative estimate of drug-likeness (QED) is 0.121. The van der Waals surface area contributed by atoms with E-state index in [1.54, 1.807) is 26.8 Å². The average Bonchev–Trinajstić information content (AvgIpc) is 2.89. The van der Waals surface area contributed by atoms with Gasteiger partial charge in [0.1, 0.15) is 5.60 Å². The van der Waals surface area contributed by atoms with Crippen molar-refractivity contribution >= 4 is 24.1 Å². The molecule has 0 aliphatic rings. The Balaban J connectivity index is 3.49. The second-order valence-corrected chi connectivity index (χ2v) is 11.5. The average molecular weight is 580 g/mol. The van der Waals surface area contributed by atoms with Crippen LogP contribution < -0.4 is 14.8 Å². The second kappa shape index (κ2) is 16.3. The summed E-state index contributed by atoms with van der Waals surface area (Å²) < 4.78 is 22.0. The summed E-state index contributed by atoms with van der Waals surface area (Å²) in [6.45, 7) is 16.6. The number of nitrogens with one attached hydrogen (secondary N) is 1. The van der Waals surface area contributed by atoms with Crippen LogP contribution in [0.25, 0.3) is 0 Å². The van der Waals surface area contributed by atoms with E-state index in [-0.39, 0.29) is 48.6 Å². The molecule has 10 nitrogen and oxygen atoms in total. The number of rotatable bonds is 17. The predicted octanol–water partition coefficient (Wildman–Crippen LogP) is 6.42. The third-order valence-electron chi connectivity index (χ3n) is 7.24. The summed E-state index contributed by atoms with van der Waals surface area (Å²) in [4.78, 5) is 50.6. The van der Waals surface area contributed by atoms with Crippen LogP contribution in [0.4, 0.5) is 4.79 Å². The molecule has 232 valence electrons. The highest BCUT2D eigenvalue weighted by Gasteiger charge is 2.45. The number of esters is 2. The zero-order valence-electron chi connectivity index (χ0n) is 26.1. The van der Waals surface area contributed by atoms with Crippen molar-refractivity contribution in [1.29, 1.82) is 0 Å². The number of benzene rings is 1. The van der Waals surface area contributed by atoms with E-state index >= 15 is 0 Å². The Labute approximate surface area is 244 Å². The summed E-state index contributed by atoms with van der Waals surface area (Å²) in [5.74, 6) is -2.22. The molecule has 0 bridgehead atoms. The fourth-order valence-electron chi connectivity index (χ4n) is 3.56. The Morgan fingerprint density at radius 3 is 1.83 bits per heavy atom. The molecule has 0 aromatic heterocycles. The minimum absolute atomic E-state index is 0.0224. The van der Waals surface area contributed by atoms with Crippen molar-refractivity contribution in [3.8, 4) is 11.5 Å². The van der Waals surface area contributed by atoms with Gasteiger partial charge in [-0.1, -0.05) is 60.5 Å². The summed E-state index contributed by atoms with van der Waals surface area (Å²) in [5, 5.41) is 13.2. The molecule has 10 heteroatoms. The van der Waals surface area contributed by atoms with Gasteiger partial charge in [-0.2, -0.15) is 0 Å². The molecule has 0 aliphatic carbocycles. The molecule has 2 N–H and O–H groups in total. The van der Waals surface area contributed by atoms with Crippen LogP contribution in [0.15, 0.2) is 18.2 Å². The number of carboxylic acids is 1. The lowest BCUT2D eigenvalue weighted by Crippen LogP contribution is -2.60. The van der Waals surface area contributed by atoms with Gasteiger partial charge < -0.3 is 24.1 Å². The van der Waals surface area contributed by atoms with Gasteiger partial charge in [0.25, 0.3) is 5.72 Å². The Morgan fingerprint density at radius 1 is 0.829 bits per heavy atom. The molecule has 1 aromatic carbocycles. The topological polar surface area (TPSA) is 137 Å². The lowest BCUT2D eigenvalue weighted by atomic mass is 10.00. The molecular weight excluding hydrogens is 530 g/mol. The number of aliphatic carboxylic acids is 1. The van der Waals surface area contributed by atoms with E-state index in [9.17, 15) is 24.3 Å².